The predicted octanol–water partition coefficient (Wildman–Crippen LogP) is 3.03. The number of hydrogen-bond donors (Lipinski definition) is 1. The fourth-order valence-corrected chi connectivity index (χ4v) is 3.06. The van der Waals surface area contributed by atoms with Gasteiger partial charge in [-0.3, -0.25) is 9.59 Å². The third-order valence-corrected chi connectivity index (χ3v) is 4.24. The zero-order chi connectivity index (χ0) is 18.7. The Labute approximate surface area is 149 Å². The van der Waals surface area contributed by atoms with E-state index in [0.717, 1.165) is 0 Å². The summed E-state index contributed by atoms with van der Waals surface area (Å²) < 4.78 is 24.5. The second-order valence-corrected chi connectivity index (χ2v) is 5.84. The molecule has 1 atom stereocenters. The van der Waals surface area contributed by atoms with Crippen molar-refractivity contribution in [1.82, 2.24) is 4.90 Å². The van der Waals surface area contributed by atoms with Gasteiger partial charge < -0.3 is 19.2 Å². The fourth-order valence-electron chi connectivity index (χ4n) is 3.06. The van der Waals surface area contributed by atoms with Gasteiger partial charge in [0.05, 0.1) is 17.9 Å². The Morgan fingerprint density at radius 2 is 2.08 bits per heavy atom. The summed E-state index contributed by atoms with van der Waals surface area (Å²) in [6.45, 7) is 0.584. The van der Waals surface area contributed by atoms with Crippen molar-refractivity contribution in [3.63, 3.8) is 0 Å². The van der Waals surface area contributed by atoms with Crippen molar-refractivity contribution in [1.29, 1.82) is 0 Å². The van der Waals surface area contributed by atoms with Crippen LogP contribution in [0.2, 0.25) is 0 Å². The number of ether oxygens (including phenoxy) is 1. The van der Waals surface area contributed by atoms with Crippen LogP contribution in [0.4, 0.5) is 4.39 Å². The van der Waals surface area contributed by atoms with Crippen molar-refractivity contribution >= 4 is 11.7 Å². The highest BCUT2D eigenvalue weighted by Crippen LogP contribution is 2.39. The molecular formula is C19H18FNO5. The first-order valence-corrected chi connectivity index (χ1v) is 8.12. The average molecular weight is 359 g/mol. The number of carbonyl (C=O) groups excluding carboxylic acids is 2. The molecule has 1 aromatic carbocycles. The monoisotopic (exact) mass is 359 g/mol. The summed E-state index contributed by atoms with van der Waals surface area (Å²) in [6.07, 6.45) is 1.79. The van der Waals surface area contributed by atoms with Gasteiger partial charge in [0.25, 0.3) is 5.91 Å². The molecule has 1 aliphatic rings. The molecule has 0 fully saturated rings. The molecule has 0 saturated heterocycles. The van der Waals surface area contributed by atoms with Crippen LogP contribution in [0.1, 0.15) is 28.6 Å². The SMILES string of the molecule is COCCCN1C(=O)C(O)=C(C(=O)c2ccco2)[C@H]1c1ccccc1F. The number of rotatable bonds is 7. The minimum atomic E-state index is -1.03. The van der Waals surface area contributed by atoms with Crippen LogP contribution in [0, 0.1) is 5.82 Å². The number of methoxy groups -OCH3 is 1. The van der Waals surface area contributed by atoms with Crippen molar-refractivity contribution in [2.24, 2.45) is 0 Å². The molecule has 0 bridgehead atoms. The number of hydrogen-bond acceptors (Lipinski definition) is 5. The van der Waals surface area contributed by atoms with Gasteiger partial charge in [-0.05, 0) is 24.6 Å². The number of halogens is 1. The van der Waals surface area contributed by atoms with Crippen LogP contribution in [-0.4, -0.2) is 42.0 Å². The van der Waals surface area contributed by atoms with Gasteiger partial charge in [0.1, 0.15) is 5.82 Å². The van der Waals surface area contributed by atoms with Gasteiger partial charge in [-0.25, -0.2) is 4.39 Å². The molecule has 3 rings (SSSR count). The van der Waals surface area contributed by atoms with Gasteiger partial charge in [-0.15, -0.1) is 0 Å². The molecule has 1 amide bonds. The van der Waals surface area contributed by atoms with E-state index < -0.39 is 29.3 Å². The van der Waals surface area contributed by atoms with E-state index in [0.29, 0.717) is 13.0 Å². The van der Waals surface area contributed by atoms with Crippen molar-refractivity contribution in [3.05, 3.63) is 71.1 Å². The van der Waals surface area contributed by atoms with E-state index >= 15 is 0 Å². The van der Waals surface area contributed by atoms with Gasteiger partial charge in [-0.1, -0.05) is 18.2 Å². The summed E-state index contributed by atoms with van der Waals surface area (Å²) >= 11 is 0. The first-order valence-electron chi connectivity index (χ1n) is 8.12. The van der Waals surface area contributed by atoms with E-state index in [2.05, 4.69) is 0 Å². The van der Waals surface area contributed by atoms with Crippen LogP contribution in [0.25, 0.3) is 0 Å². The minimum Gasteiger partial charge on any atom is -0.503 e. The zero-order valence-electron chi connectivity index (χ0n) is 14.1. The maximum absolute atomic E-state index is 14.4. The molecular weight excluding hydrogens is 341 g/mol. The summed E-state index contributed by atoms with van der Waals surface area (Å²) in [5.74, 6) is -2.65. The van der Waals surface area contributed by atoms with Crippen molar-refractivity contribution in [2.75, 3.05) is 20.3 Å². The Bertz CT molecular complexity index is 843. The number of aliphatic hydroxyl groups is 1. The number of benzene rings is 1. The molecule has 0 unspecified atom stereocenters. The lowest BCUT2D eigenvalue weighted by molar-refractivity contribution is -0.129. The van der Waals surface area contributed by atoms with Crippen LogP contribution in [-0.2, 0) is 9.53 Å². The molecule has 26 heavy (non-hydrogen) atoms. The molecule has 7 heteroatoms. The molecule has 1 aromatic heterocycles. The Hall–Kier alpha value is -2.93. The van der Waals surface area contributed by atoms with Crippen LogP contribution >= 0.6 is 0 Å². The highest BCUT2D eigenvalue weighted by molar-refractivity contribution is 6.15. The third-order valence-electron chi connectivity index (χ3n) is 4.24. The van der Waals surface area contributed by atoms with Gasteiger partial charge >= 0.3 is 0 Å². The second-order valence-electron chi connectivity index (χ2n) is 5.84. The maximum Gasteiger partial charge on any atom is 0.290 e. The van der Waals surface area contributed by atoms with Gasteiger partial charge in [0.2, 0.25) is 5.78 Å². The van der Waals surface area contributed by atoms with Crippen LogP contribution in [0.15, 0.2) is 58.4 Å². The fraction of sp³-hybridized carbons (Fsp3) is 0.263. The number of Topliss-reactive ketones (excluding diaryl/α,β-unsaturated/α-hetero) is 1. The molecule has 6 nitrogen and oxygen atoms in total. The zero-order valence-corrected chi connectivity index (χ0v) is 14.1. The number of furan rings is 1. The number of nitrogens with zero attached hydrogens (tertiary/aromatic N) is 1. The largest absolute Gasteiger partial charge is 0.503 e. The van der Waals surface area contributed by atoms with E-state index in [9.17, 15) is 19.1 Å². The maximum atomic E-state index is 14.4. The van der Waals surface area contributed by atoms with Gasteiger partial charge in [-0.2, -0.15) is 0 Å². The lowest BCUT2D eigenvalue weighted by Crippen LogP contribution is -2.33. The van der Waals surface area contributed by atoms with E-state index in [4.69, 9.17) is 9.15 Å². The standard InChI is InChI=1S/C19H18FNO5/c1-25-10-5-9-21-16(12-6-2-3-7-13(12)20)15(18(23)19(21)24)17(22)14-8-4-11-26-14/h2-4,6-8,11,16,23H,5,9-10H2,1H3/t16-/m1/s1. The van der Waals surface area contributed by atoms with E-state index in [-0.39, 0.29) is 23.4 Å². The molecule has 0 radical (unpaired) electrons. The highest BCUT2D eigenvalue weighted by atomic mass is 19.1. The third kappa shape index (κ3) is 3.13. The molecule has 0 aliphatic carbocycles. The van der Waals surface area contributed by atoms with Gasteiger partial charge in [0, 0.05) is 25.8 Å². The summed E-state index contributed by atoms with van der Waals surface area (Å²) in [7, 11) is 1.53. The molecule has 2 aromatic rings. The van der Waals surface area contributed by atoms with Crippen molar-refractivity contribution < 1.29 is 28.2 Å². The summed E-state index contributed by atoms with van der Waals surface area (Å²) in [6, 6.07) is 7.79. The summed E-state index contributed by atoms with van der Waals surface area (Å²) in [5, 5.41) is 10.3. The second kappa shape index (κ2) is 7.53. The first-order chi connectivity index (χ1) is 12.6. The minimum absolute atomic E-state index is 0.0283. The van der Waals surface area contributed by atoms with E-state index in [1.165, 1.54) is 48.6 Å². The molecule has 0 saturated carbocycles. The number of carbonyl (C=O) groups is 2. The number of ketones is 1. The molecule has 136 valence electrons. The topological polar surface area (TPSA) is 80.0 Å². The average Bonchev–Trinajstić information content (AvgIpc) is 3.25. The summed E-state index contributed by atoms with van der Waals surface area (Å²) in [5.41, 5.74) is -0.0512. The Morgan fingerprint density at radius 3 is 2.73 bits per heavy atom. The van der Waals surface area contributed by atoms with Gasteiger partial charge in [0.15, 0.2) is 11.5 Å². The molecule has 1 aliphatic heterocycles. The lowest BCUT2D eigenvalue weighted by Gasteiger charge is -2.26. The lowest BCUT2D eigenvalue weighted by atomic mass is 9.94. The van der Waals surface area contributed by atoms with Crippen LogP contribution in [0.3, 0.4) is 0 Å². The number of aliphatic hydroxyl groups excluding tert-OH is 1. The molecule has 1 N–H and O–H groups in total. The molecule has 0 spiro atoms. The van der Waals surface area contributed by atoms with Crippen molar-refractivity contribution in [3.8, 4) is 0 Å². The number of amides is 1. The smallest absolute Gasteiger partial charge is 0.290 e. The van der Waals surface area contributed by atoms with E-state index in [1.54, 1.807) is 6.07 Å². The Kier molecular flexibility index (Phi) is 5.18. The van der Waals surface area contributed by atoms with Crippen LogP contribution in [0.5, 0.6) is 0 Å². The molecule has 2 heterocycles. The quantitative estimate of drug-likeness (QED) is 0.607. The Morgan fingerprint density at radius 1 is 1.31 bits per heavy atom. The van der Waals surface area contributed by atoms with Crippen molar-refractivity contribution in [2.45, 2.75) is 12.5 Å². The highest BCUT2D eigenvalue weighted by Gasteiger charge is 2.45. The first kappa shape index (κ1) is 17.9. The van der Waals surface area contributed by atoms with E-state index in [1.807, 2.05) is 0 Å². The Balaban J connectivity index is 2.05. The summed E-state index contributed by atoms with van der Waals surface area (Å²) in [4.78, 5) is 26.6. The van der Waals surface area contributed by atoms with Crippen LogP contribution < -0.4 is 0 Å². The predicted molar refractivity (Wildman–Crippen MR) is 90.0 cm³/mol. The normalized spacial score (nSPS) is 17.2.